The van der Waals surface area contributed by atoms with E-state index < -0.39 is 5.91 Å². The number of hydrogen-bond donors (Lipinski definition) is 1. The second kappa shape index (κ2) is 11.3. The van der Waals surface area contributed by atoms with Crippen molar-refractivity contribution in [3.05, 3.63) is 107 Å². The van der Waals surface area contributed by atoms with Gasteiger partial charge in [0.2, 0.25) is 0 Å². The second-order valence-corrected chi connectivity index (χ2v) is 8.26. The van der Waals surface area contributed by atoms with Crippen molar-refractivity contribution in [1.82, 2.24) is 9.80 Å². The first-order valence-corrected chi connectivity index (χ1v) is 11.4. The highest BCUT2D eigenvalue weighted by Crippen LogP contribution is 2.19. The summed E-state index contributed by atoms with van der Waals surface area (Å²) in [6, 6.07) is 24.6. The van der Waals surface area contributed by atoms with E-state index in [1.807, 2.05) is 47.4 Å². The van der Waals surface area contributed by atoms with E-state index in [2.05, 4.69) is 29.2 Å². The molecule has 1 saturated heterocycles. The second-order valence-electron chi connectivity index (χ2n) is 8.26. The van der Waals surface area contributed by atoms with Crippen LogP contribution in [0.5, 0.6) is 5.75 Å². The van der Waals surface area contributed by atoms with Crippen molar-refractivity contribution in [2.24, 2.45) is 5.73 Å². The van der Waals surface area contributed by atoms with Gasteiger partial charge in [0.25, 0.3) is 11.8 Å². The Morgan fingerprint density at radius 1 is 0.882 bits per heavy atom. The minimum atomic E-state index is -0.533. The predicted molar refractivity (Wildman–Crippen MR) is 134 cm³/mol. The molecule has 6 heteroatoms. The number of primary amides is 1. The zero-order chi connectivity index (χ0) is 23.8. The molecule has 3 aromatic carbocycles. The monoisotopic (exact) mass is 455 g/mol. The number of ether oxygens (including phenoxy) is 1. The van der Waals surface area contributed by atoms with Crippen LogP contribution in [0, 0.1) is 0 Å². The Labute approximate surface area is 200 Å². The van der Waals surface area contributed by atoms with E-state index in [0.717, 1.165) is 25.2 Å². The summed E-state index contributed by atoms with van der Waals surface area (Å²) in [7, 11) is 0. The fourth-order valence-electron chi connectivity index (χ4n) is 3.97. The predicted octanol–water partition coefficient (Wildman–Crippen LogP) is 3.84. The van der Waals surface area contributed by atoms with Crippen LogP contribution in [0.3, 0.4) is 0 Å². The number of carbonyl (C=O) groups is 2. The lowest BCUT2D eigenvalue weighted by Crippen LogP contribution is -2.48. The van der Waals surface area contributed by atoms with Gasteiger partial charge in [-0.05, 0) is 35.4 Å². The topological polar surface area (TPSA) is 75.9 Å². The zero-order valence-corrected chi connectivity index (χ0v) is 19.1. The van der Waals surface area contributed by atoms with Gasteiger partial charge in [0.15, 0.2) is 0 Å². The van der Waals surface area contributed by atoms with Crippen LogP contribution in [0.25, 0.3) is 6.08 Å². The number of rotatable bonds is 8. The van der Waals surface area contributed by atoms with Crippen molar-refractivity contribution in [1.29, 1.82) is 0 Å². The largest absolute Gasteiger partial charge is 0.488 e. The number of benzene rings is 3. The van der Waals surface area contributed by atoms with Crippen molar-refractivity contribution in [2.75, 3.05) is 32.7 Å². The van der Waals surface area contributed by atoms with E-state index in [9.17, 15) is 9.59 Å². The van der Waals surface area contributed by atoms with Crippen LogP contribution in [0.4, 0.5) is 0 Å². The first-order valence-electron chi connectivity index (χ1n) is 11.4. The fourth-order valence-corrected chi connectivity index (χ4v) is 3.97. The molecule has 0 bridgehead atoms. The van der Waals surface area contributed by atoms with Gasteiger partial charge >= 0.3 is 0 Å². The normalized spacial score (nSPS) is 14.3. The van der Waals surface area contributed by atoms with Gasteiger partial charge in [-0.1, -0.05) is 66.7 Å². The zero-order valence-electron chi connectivity index (χ0n) is 19.1. The summed E-state index contributed by atoms with van der Waals surface area (Å²) in [5.74, 6) is -0.0720. The molecule has 1 aliphatic heterocycles. The van der Waals surface area contributed by atoms with E-state index in [-0.39, 0.29) is 12.5 Å². The van der Waals surface area contributed by atoms with Crippen LogP contribution < -0.4 is 10.5 Å². The number of nitrogens with two attached hydrogens (primary N) is 1. The Hall–Kier alpha value is -3.90. The van der Waals surface area contributed by atoms with E-state index in [4.69, 9.17) is 10.5 Å². The molecular formula is C28H29N3O3. The highest BCUT2D eigenvalue weighted by Gasteiger charge is 2.21. The van der Waals surface area contributed by atoms with Crippen LogP contribution in [0.2, 0.25) is 0 Å². The standard InChI is InChI=1S/C28H29N3O3/c29-27(32)25-13-4-5-14-26(25)34-21-23-10-6-12-24(20-23)28(33)31-18-16-30(17-19-31)15-7-11-22-8-2-1-3-9-22/h1-14,20H,15-19,21H2,(H2,29,32). The van der Waals surface area contributed by atoms with Crippen LogP contribution in [-0.2, 0) is 6.61 Å². The summed E-state index contributed by atoms with van der Waals surface area (Å²) in [4.78, 5) is 28.9. The molecule has 3 aromatic rings. The van der Waals surface area contributed by atoms with Crippen molar-refractivity contribution < 1.29 is 14.3 Å². The molecule has 6 nitrogen and oxygen atoms in total. The molecule has 1 aliphatic rings. The van der Waals surface area contributed by atoms with Crippen LogP contribution >= 0.6 is 0 Å². The SMILES string of the molecule is NC(=O)c1ccccc1OCc1cccc(C(=O)N2CCN(CC=Cc3ccccc3)CC2)c1. The van der Waals surface area contributed by atoms with Crippen molar-refractivity contribution in [3.8, 4) is 5.75 Å². The molecule has 1 heterocycles. The summed E-state index contributed by atoms with van der Waals surface area (Å²) < 4.78 is 5.81. The Kier molecular flexibility index (Phi) is 7.73. The Balaban J connectivity index is 1.30. The van der Waals surface area contributed by atoms with Crippen molar-refractivity contribution in [3.63, 3.8) is 0 Å². The van der Waals surface area contributed by atoms with Crippen molar-refractivity contribution in [2.45, 2.75) is 6.61 Å². The number of piperazine rings is 1. The van der Waals surface area contributed by atoms with E-state index in [1.165, 1.54) is 5.56 Å². The van der Waals surface area contributed by atoms with Crippen molar-refractivity contribution >= 4 is 17.9 Å². The molecule has 0 radical (unpaired) electrons. The summed E-state index contributed by atoms with van der Waals surface area (Å²) in [6.45, 7) is 4.20. The van der Waals surface area contributed by atoms with Gasteiger partial charge in [-0.25, -0.2) is 0 Å². The van der Waals surface area contributed by atoms with Gasteiger partial charge in [-0.2, -0.15) is 0 Å². The molecular weight excluding hydrogens is 426 g/mol. The van der Waals surface area contributed by atoms with E-state index >= 15 is 0 Å². The molecule has 4 rings (SSSR count). The number of nitrogens with zero attached hydrogens (tertiary/aromatic N) is 2. The lowest BCUT2D eigenvalue weighted by atomic mass is 10.1. The van der Waals surface area contributed by atoms with Crippen LogP contribution in [0.15, 0.2) is 84.9 Å². The maximum Gasteiger partial charge on any atom is 0.253 e. The van der Waals surface area contributed by atoms with Crippen LogP contribution in [0.1, 0.15) is 31.8 Å². The third-order valence-corrected chi connectivity index (χ3v) is 5.85. The van der Waals surface area contributed by atoms with Gasteiger partial charge in [-0.15, -0.1) is 0 Å². The van der Waals surface area contributed by atoms with Crippen LogP contribution in [-0.4, -0.2) is 54.3 Å². The average Bonchev–Trinajstić information content (AvgIpc) is 2.88. The summed E-state index contributed by atoms with van der Waals surface area (Å²) in [6.07, 6.45) is 4.31. The molecule has 0 aromatic heterocycles. The number of amides is 2. The quantitative estimate of drug-likeness (QED) is 0.560. The summed E-state index contributed by atoms with van der Waals surface area (Å²) >= 11 is 0. The minimum absolute atomic E-state index is 0.0267. The van der Waals surface area contributed by atoms with E-state index in [1.54, 1.807) is 24.3 Å². The summed E-state index contributed by atoms with van der Waals surface area (Å²) in [5, 5.41) is 0. The molecule has 0 aliphatic carbocycles. The highest BCUT2D eigenvalue weighted by atomic mass is 16.5. The molecule has 0 spiro atoms. The third kappa shape index (κ3) is 6.11. The molecule has 0 unspecified atom stereocenters. The first kappa shape index (κ1) is 23.3. The highest BCUT2D eigenvalue weighted by molar-refractivity contribution is 5.95. The molecule has 0 saturated carbocycles. The number of para-hydroxylation sites is 1. The van der Waals surface area contributed by atoms with Gasteiger partial charge < -0.3 is 15.4 Å². The van der Waals surface area contributed by atoms with Gasteiger partial charge in [-0.3, -0.25) is 14.5 Å². The maximum atomic E-state index is 13.1. The minimum Gasteiger partial charge on any atom is -0.488 e. The lowest BCUT2D eigenvalue weighted by molar-refractivity contribution is 0.0650. The Morgan fingerprint density at radius 2 is 1.62 bits per heavy atom. The number of hydrogen-bond acceptors (Lipinski definition) is 4. The molecule has 174 valence electrons. The Bertz CT molecular complexity index is 1150. The molecule has 0 atom stereocenters. The first-order chi connectivity index (χ1) is 16.6. The Morgan fingerprint density at radius 3 is 2.38 bits per heavy atom. The van der Waals surface area contributed by atoms with Gasteiger partial charge in [0.05, 0.1) is 5.56 Å². The molecule has 2 N–H and O–H groups in total. The fraction of sp³-hybridized carbons (Fsp3) is 0.214. The molecule has 1 fully saturated rings. The van der Waals surface area contributed by atoms with Gasteiger partial charge in [0.1, 0.15) is 12.4 Å². The number of carbonyl (C=O) groups excluding carboxylic acids is 2. The molecule has 2 amide bonds. The van der Waals surface area contributed by atoms with E-state index in [0.29, 0.717) is 30.0 Å². The smallest absolute Gasteiger partial charge is 0.253 e. The van der Waals surface area contributed by atoms with Gasteiger partial charge in [0, 0.05) is 38.3 Å². The lowest BCUT2D eigenvalue weighted by Gasteiger charge is -2.34. The maximum absolute atomic E-state index is 13.1. The summed E-state index contributed by atoms with van der Waals surface area (Å²) in [5.41, 5.74) is 8.45. The molecule has 34 heavy (non-hydrogen) atoms. The third-order valence-electron chi connectivity index (χ3n) is 5.85. The average molecular weight is 456 g/mol.